The Morgan fingerprint density at radius 3 is 2.72 bits per heavy atom. The maximum Gasteiger partial charge on any atom is 0.267 e. The van der Waals surface area contributed by atoms with Crippen LogP contribution in [0.15, 0.2) is 30.7 Å². The van der Waals surface area contributed by atoms with Gasteiger partial charge in [-0.2, -0.15) is 0 Å². The molecule has 1 unspecified atom stereocenters. The van der Waals surface area contributed by atoms with Crippen LogP contribution in [0.1, 0.15) is 41.4 Å². The lowest BCUT2D eigenvalue weighted by molar-refractivity contribution is -0.182. The van der Waals surface area contributed by atoms with E-state index in [9.17, 15) is 9.59 Å². The summed E-state index contributed by atoms with van der Waals surface area (Å²) in [7, 11) is 2.63. The van der Waals surface area contributed by atoms with E-state index in [1.54, 1.807) is 12.4 Å². The molecule has 2 aromatic rings. The molecule has 0 saturated carbocycles. The van der Waals surface area contributed by atoms with Crippen molar-refractivity contribution in [3.8, 4) is 0 Å². The molecule has 2 aliphatic rings. The Bertz CT molecular complexity index is 918. The number of nitrogens with two attached hydrogens (primary N) is 1. The van der Waals surface area contributed by atoms with E-state index < -0.39 is 5.91 Å². The summed E-state index contributed by atoms with van der Waals surface area (Å²) in [5, 5.41) is 2.51. The van der Waals surface area contributed by atoms with E-state index in [0.717, 1.165) is 17.3 Å². The van der Waals surface area contributed by atoms with Crippen LogP contribution in [0, 0.1) is 5.92 Å². The number of carbonyl (C=O) groups is 2. The van der Waals surface area contributed by atoms with Gasteiger partial charge in [-0.25, -0.2) is 15.0 Å². The molecule has 29 heavy (non-hydrogen) atoms. The highest BCUT2D eigenvalue weighted by molar-refractivity contribution is 7.27. The number of hydroxylamine groups is 2. The molecular weight excluding hydrogens is 391 g/mol. The van der Waals surface area contributed by atoms with Crippen LogP contribution in [0.5, 0.6) is 0 Å². The fourth-order valence-corrected chi connectivity index (χ4v) is 4.07. The topological polar surface area (TPSA) is 115 Å². The minimum absolute atomic E-state index is 0.00751. The summed E-state index contributed by atoms with van der Waals surface area (Å²) in [4.78, 5) is 44.8. The van der Waals surface area contributed by atoms with Crippen molar-refractivity contribution in [2.24, 2.45) is 11.7 Å². The van der Waals surface area contributed by atoms with Gasteiger partial charge in [0.2, 0.25) is 11.9 Å². The molecule has 0 spiro atoms. The molecule has 2 N–H and O–H groups in total. The van der Waals surface area contributed by atoms with Crippen LogP contribution in [-0.2, 0) is 9.63 Å². The molecule has 0 aromatic carbocycles. The molecule has 2 fully saturated rings. The highest BCUT2D eigenvalue weighted by atomic mass is 31.0. The van der Waals surface area contributed by atoms with Crippen molar-refractivity contribution in [2.75, 3.05) is 24.6 Å². The van der Waals surface area contributed by atoms with Crippen LogP contribution < -0.4 is 15.9 Å². The number of carbonyl (C=O) groups excluding carboxylic acids is 2. The first-order chi connectivity index (χ1) is 14.0. The normalized spacial score (nSPS) is 20.1. The second-order valence-electron chi connectivity index (χ2n) is 7.22. The second-order valence-corrected chi connectivity index (χ2v) is 7.89. The van der Waals surface area contributed by atoms with Crippen LogP contribution in [0.4, 0.5) is 5.95 Å². The molecule has 2 amide bonds. The third-order valence-corrected chi connectivity index (χ3v) is 5.63. The number of aromatic nitrogens is 3. The van der Waals surface area contributed by atoms with Crippen molar-refractivity contribution in [3.05, 3.63) is 42.0 Å². The number of pyridine rings is 1. The SMILES string of the molecule is NC(=O)c1ccnc(N2CCC(C(=O)N3OCC[C@@H]3c3cncc(P)c3)CC2)n1. The summed E-state index contributed by atoms with van der Waals surface area (Å²) >= 11 is 0. The number of hydrogen-bond acceptors (Lipinski definition) is 7. The van der Waals surface area contributed by atoms with Gasteiger partial charge in [-0.3, -0.25) is 19.4 Å². The van der Waals surface area contributed by atoms with E-state index in [4.69, 9.17) is 10.6 Å². The average Bonchev–Trinajstić information content (AvgIpc) is 3.23. The lowest BCUT2D eigenvalue weighted by Gasteiger charge is -2.34. The van der Waals surface area contributed by atoms with Gasteiger partial charge in [0.05, 0.1) is 12.6 Å². The maximum absolute atomic E-state index is 13.1. The second kappa shape index (κ2) is 8.39. The Kier molecular flexibility index (Phi) is 5.69. The molecule has 0 aliphatic carbocycles. The molecule has 9 nitrogen and oxygen atoms in total. The van der Waals surface area contributed by atoms with Gasteiger partial charge in [0.1, 0.15) is 5.69 Å². The van der Waals surface area contributed by atoms with Crippen LogP contribution in [0.25, 0.3) is 0 Å². The van der Waals surface area contributed by atoms with Gasteiger partial charge in [0, 0.05) is 44.0 Å². The molecule has 4 rings (SSSR count). The van der Waals surface area contributed by atoms with Crippen molar-refractivity contribution in [1.82, 2.24) is 20.0 Å². The predicted octanol–water partition coefficient (Wildman–Crippen LogP) is 0.592. The molecule has 2 aliphatic heterocycles. The molecule has 0 bridgehead atoms. The first-order valence-corrected chi connectivity index (χ1v) is 10.1. The minimum Gasteiger partial charge on any atom is -0.364 e. The number of rotatable bonds is 4. The molecule has 2 atom stereocenters. The fourth-order valence-electron chi connectivity index (χ4n) is 3.79. The third kappa shape index (κ3) is 4.21. The van der Waals surface area contributed by atoms with E-state index in [1.807, 2.05) is 11.0 Å². The van der Waals surface area contributed by atoms with E-state index >= 15 is 0 Å². The number of amides is 2. The summed E-state index contributed by atoms with van der Waals surface area (Å²) in [6.45, 7) is 1.77. The first-order valence-electron chi connectivity index (χ1n) is 9.57. The third-order valence-electron chi connectivity index (χ3n) is 5.31. The number of piperidine rings is 1. The van der Waals surface area contributed by atoms with Gasteiger partial charge in [-0.1, -0.05) is 0 Å². The monoisotopic (exact) mass is 414 g/mol. The first kappa shape index (κ1) is 19.7. The lowest BCUT2D eigenvalue weighted by atomic mass is 9.95. The number of primary amides is 1. The molecule has 0 radical (unpaired) electrons. The number of hydrogen-bond donors (Lipinski definition) is 1. The zero-order valence-electron chi connectivity index (χ0n) is 15.9. The van der Waals surface area contributed by atoms with Gasteiger partial charge in [0.15, 0.2) is 0 Å². The Labute approximate surface area is 170 Å². The molecule has 2 saturated heterocycles. The standard InChI is InChI=1S/C19H23N6O3P/c20-17(26)15-1-5-22-19(23-15)24-6-2-12(3-7-24)18(27)25-16(4-8-28-25)13-9-14(29)11-21-10-13/h1,5,9-12,16H,2-4,6-8,29H2,(H2,20,26)/t16-/m1/s1. The van der Waals surface area contributed by atoms with Crippen LogP contribution in [0.2, 0.25) is 0 Å². The predicted molar refractivity (Wildman–Crippen MR) is 109 cm³/mol. The Hall–Kier alpha value is -2.64. The van der Waals surface area contributed by atoms with Gasteiger partial charge in [0.25, 0.3) is 5.91 Å². The van der Waals surface area contributed by atoms with E-state index in [2.05, 4.69) is 24.2 Å². The highest BCUT2D eigenvalue weighted by Crippen LogP contribution is 2.33. The van der Waals surface area contributed by atoms with Crippen molar-refractivity contribution in [2.45, 2.75) is 25.3 Å². The molecule has 2 aromatic heterocycles. The van der Waals surface area contributed by atoms with E-state index in [-0.39, 0.29) is 23.6 Å². The quantitative estimate of drug-likeness (QED) is 0.729. The molecule has 10 heteroatoms. The Morgan fingerprint density at radius 1 is 1.21 bits per heavy atom. The zero-order chi connectivity index (χ0) is 20.4. The average molecular weight is 414 g/mol. The number of anilines is 1. The van der Waals surface area contributed by atoms with Crippen molar-refractivity contribution < 1.29 is 14.4 Å². The van der Waals surface area contributed by atoms with Gasteiger partial charge in [-0.05, 0) is 35.8 Å². The Morgan fingerprint density at radius 2 is 2.00 bits per heavy atom. The van der Waals surface area contributed by atoms with E-state index in [0.29, 0.717) is 38.5 Å². The molecule has 152 valence electrons. The fraction of sp³-hybridized carbons (Fsp3) is 0.421. The summed E-state index contributed by atoms with van der Waals surface area (Å²) < 4.78 is 0. The van der Waals surface area contributed by atoms with Crippen LogP contribution in [0.3, 0.4) is 0 Å². The summed E-state index contributed by atoms with van der Waals surface area (Å²) in [6, 6.07) is 3.40. The van der Waals surface area contributed by atoms with Crippen molar-refractivity contribution in [3.63, 3.8) is 0 Å². The maximum atomic E-state index is 13.1. The minimum atomic E-state index is -0.583. The Balaban J connectivity index is 1.41. The summed E-state index contributed by atoms with van der Waals surface area (Å²) in [5.74, 6) is -0.239. The molecular formula is C19H23N6O3P. The highest BCUT2D eigenvalue weighted by Gasteiger charge is 2.37. The van der Waals surface area contributed by atoms with Crippen molar-refractivity contribution in [1.29, 1.82) is 0 Å². The zero-order valence-corrected chi connectivity index (χ0v) is 17.1. The summed E-state index contributed by atoms with van der Waals surface area (Å²) in [6.07, 6.45) is 7.17. The largest absolute Gasteiger partial charge is 0.364 e. The van der Waals surface area contributed by atoms with Gasteiger partial charge >= 0.3 is 0 Å². The van der Waals surface area contributed by atoms with Crippen LogP contribution >= 0.6 is 9.24 Å². The van der Waals surface area contributed by atoms with Gasteiger partial charge in [-0.15, -0.1) is 9.24 Å². The van der Waals surface area contributed by atoms with Crippen LogP contribution in [-0.4, -0.2) is 51.5 Å². The lowest BCUT2D eigenvalue weighted by Crippen LogP contribution is -2.42. The molecule has 4 heterocycles. The smallest absolute Gasteiger partial charge is 0.267 e. The number of nitrogens with zero attached hydrogens (tertiary/aromatic N) is 5. The van der Waals surface area contributed by atoms with Crippen molar-refractivity contribution >= 4 is 32.3 Å². The summed E-state index contributed by atoms with van der Waals surface area (Å²) in [5.41, 5.74) is 6.47. The van der Waals surface area contributed by atoms with Gasteiger partial charge < -0.3 is 10.6 Å². The van der Waals surface area contributed by atoms with E-state index in [1.165, 1.54) is 17.3 Å².